The molecular weight excluding hydrogens is 447 g/mol. The molecule has 9 heteroatoms. The van der Waals surface area contributed by atoms with Crippen molar-refractivity contribution in [3.63, 3.8) is 0 Å². The number of hydrogen-bond donors (Lipinski definition) is 0. The van der Waals surface area contributed by atoms with Crippen molar-refractivity contribution in [2.45, 2.75) is 45.5 Å². The summed E-state index contributed by atoms with van der Waals surface area (Å²) < 4.78 is 50.1. The first-order chi connectivity index (χ1) is 16.2. The van der Waals surface area contributed by atoms with Crippen molar-refractivity contribution in [1.82, 2.24) is 14.9 Å². The molecule has 180 valence electrons. The molecule has 0 bridgehead atoms. The molecule has 1 aliphatic heterocycles. The second kappa shape index (κ2) is 9.48. The van der Waals surface area contributed by atoms with E-state index in [9.17, 15) is 18.0 Å². The van der Waals surface area contributed by atoms with E-state index in [-0.39, 0.29) is 23.7 Å². The number of halogens is 3. The molecule has 0 saturated carbocycles. The monoisotopic (exact) mass is 473 g/mol. The summed E-state index contributed by atoms with van der Waals surface area (Å²) in [5, 5.41) is 0.830. The smallest absolute Gasteiger partial charge is 0.417 e. The molecule has 1 aliphatic rings. The number of ether oxygens (including phenoxy) is 2. The molecule has 3 heterocycles. The molecule has 0 spiro atoms. The van der Waals surface area contributed by atoms with E-state index in [0.717, 1.165) is 17.6 Å². The molecule has 1 amide bonds. The van der Waals surface area contributed by atoms with Crippen LogP contribution in [0.4, 0.5) is 13.2 Å². The van der Waals surface area contributed by atoms with Crippen molar-refractivity contribution < 1.29 is 27.4 Å². The third kappa shape index (κ3) is 4.78. The topological polar surface area (TPSA) is 64.5 Å². The third-order valence-electron chi connectivity index (χ3n) is 5.98. The van der Waals surface area contributed by atoms with Crippen molar-refractivity contribution in [2.75, 3.05) is 13.2 Å². The Bertz CT molecular complexity index is 1170. The second-order valence-corrected chi connectivity index (χ2v) is 8.52. The summed E-state index contributed by atoms with van der Waals surface area (Å²) in [5.41, 5.74) is 0.124. The van der Waals surface area contributed by atoms with Gasteiger partial charge in [0, 0.05) is 30.4 Å². The number of alkyl halides is 3. The SMILES string of the molecule is CCOc1ccc2cccnc2c1C(=O)N1CC(C)CC1C(C)Oc1ccc(C(F)(F)F)cn1. The Morgan fingerprint density at radius 1 is 1.21 bits per heavy atom. The number of nitrogens with zero attached hydrogens (tertiary/aromatic N) is 3. The maximum absolute atomic E-state index is 13.8. The van der Waals surface area contributed by atoms with Crippen LogP contribution < -0.4 is 9.47 Å². The number of amides is 1. The van der Waals surface area contributed by atoms with Crippen molar-refractivity contribution in [1.29, 1.82) is 0 Å². The van der Waals surface area contributed by atoms with Gasteiger partial charge in [0.2, 0.25) is 5.88 Å². The molecule has 1 saturated heterocycles. The number of fused-ring (bicyclic) bond motifs is 1. The van der Waals surface area contributed by atoms with Crippen molar-refractivity contribution in [3.05, 3.63) is 59.9 Å². The van der Waals surface area contributed by atoms with E-state index >= 15 is 0 Å². The quantitative estimate of drug-likeness (QED) is 0.482. The Balaban J connectivity index is 1.61. The van der Waals surface area contributed by atoms with Gasteiger partial charge in [-0.15, -0.1) is 0 Å². The van der Waals surface area contributed by atoms with Gasteiger partial charge in [-0.3, -0.25) is 9.78 Å². The summed E-state index contributed by atoms with van der Waals surface area (Å²) in [6, 6.07) is 9.19. The van der Waals surface area contributed by atoms with E-state index < -0.39 is 17.8 Å². The lowest BCUT2D eigenvalue weighted by atomic mass is 10.0. The summed E-state index contributed by atoms with van der Waals surface area (Å²) in [7, 11) is 0. The Kier molecular flexibility index (Phi) is 6.63. The average Bonchev–Trinajstić information content (AvgIpc) is 3.20. The minimum absolute atomic E-state index is 0.0780. The predicted molar refractivity (Wildman–Crippen MR) is 121 cm³/mol. The minimum atomic E-state index is -4.47. The molecule has 3 aromatic rings. The number of likely N-dealkylation sites (tertiary alicyclic amines) is 1. The van der Waals surface area contributed by atoms with Gasteiger partial charge in [0.25, 0.3) is 5.91 Å². The van der Waals surface area contributed by atoms with Gasteiger partial charge in [-0.05, 0) is 50.5 Å². The van der Waals surface area contributed by atoms with Gasteiger partial charge < -0.3 is 14.4 Å². The number of hydrogen-bond acceptors (Lipinski definition) is 5. The average molecular weight is 473 g/mol. The maximum atomic E-state index is 13.8. The highest BCUT2D eigenvalue weighted by atomic mass is 19.4. The summed E-state index contributed by atoms with van der Waals surface area (Å²) in [6.45, 7) is 6.62. The zero-order valence-electron chi connectivity index (χ0n) is 19.2. The number of aromatic nitrogens is 2. The Morgan fingerprint density at radius 3 is 2.68 bits per heavy atom. The van der Waals surface area contributed by atoms with Crippen LogP contribution in [0.2, 0.25) is 0 Å². The minimum Gasteiger partial charge on any atom is -0.493 e. The van der Waals surface area contributed by atoms with Crippen LogP contribution in [0.25, 0.3) is 10.9 Å². The summed E-state index contributed by atoms with van der Waals surface area (Å²) in [6.07, 6.45) is -1.88. The molecule has 1 fully saturated rings. The fourth-order valence-corrected chi connectivity index (χ4v) is 4.40. The normalized spacial score (nSPS) is 19.3. The second-order valence-electron chi connectivity index (χ2n) is 8.52. The van der Waals surface area contributed by atoms with Crippen LogP contribution in [0.1, 0.15) is 43.1 Å². The predicted octanol–water partition coefficient (Wildman–Crippen LogP) is 5.37. The van der Waals surface area contributed by atoms with E-state index in [1.165, 1.54) is 6.07 Å². The van der Waals surface area contributed by atoms with E-state index in [1.54, 1.807) is 24.1 Å². The third-order valence-corrected chi connectivity index (χ3v) is 5.98. The van der Waals surface area contributed by atoms with Crippen LogP contribution in [0.3, 0.4) is 0 Å². The Hall–Kier alpha value is -3.36. The first kappa shape index (κ1) is 23.8. The van der Waals surface area contributed by atoms with E-state index in [4.69, 9.17) is 9.47 Å². The van der Waals surface area contributed by atoms with Gasteiger partial charge in [0.15, 0.2) is 0 Å². The lowest BCUT2D eigenvalue weighted by Gasteiger charge is -2.30. The van der Waals surface area contributed by atoms with Crippen molar-refractivity contribution >= 4 is 16.8 Å². The zero-order valence-corrected chi connectivity index (χ0v) is 19.2. The van der Waals surface area contributed by atoms with E-state index in [0.29, 0.717) is 36.4 Å². The molecule has 0 N–H and O–H groups in total. The largest absolute Gasteiger partial charge is 0.493 e. The van der Waals surface area contributed by atoms with Crippen LogP contribution in [-0.2, 0) is 6.18 Å². The highest BCUT2D eigenvalue weighted by molar-refractivity contribution is 6.08. The molecule has 2 aromatic heterocycles. The van der Waals surface area contributed by atoms with Gasteiger partial charge in [-0.1, -0.05) is 13.0 Å². The first-order valence-corrected chi connectivity index (χ1v) is 11.2. The van der Waals surface area contributed by atoms with Crippen molar-refractivity contribution in [2.24, 2.45) is 5.92 Å². The highest BCUT2D eigenvalue weighted by Crippen LogP contribution is 2.34. The van der Waals surface area contributed by atoms with Gasteiger partial charge in [0.05, 0.1) is 23.7 Å². The molecule has 3 unspecified atom stereocenters. The molecule has 0 aliphatic carbocycles. The number of carbonyl (C=O) groups is 1. The number of pyridine rings is 2. The highest BCUT2D eigenvalue weighted by Gasteiger charge is 2.39. The van der Waals surface area contributed by atoms with Crippen LogP contribution in [-0.4, -0.2) is 46.1 Å². The number of benzene rings is 1. The Labute approximate surface area is 195 Å². The fraction of sp³-hybridized carbons (Fsp3) is 0.400. The molecule has 4 rings (SSSR count). The summed E-state index contributed by atoms with van der Waals surface area (Å²) in [4.78, 5) is 23.8. The van der Waals surface area contributed by atoms with Gasteiger partial charge in [-0.25, -0.2) is 4.98 Å². The first-order valence-electron chi connectivity index (χ1n) is 11.2. The van der Waals surface area contributed by atoms with Crippen molar-refractivity contribution in [3.8, 4) is 11.6 Å². The Morgan fingerprint density at radius 2 is 2.00 bits per heavy atom. The fourth-order valence-electron chi connectivity index (χ4n) is 4.40. The molecule has 0 radical (unpaired) electrons. The van der Waals surface area contributed by atoms with Crippen LogP contribution in [0, 0.1) is 5.92 Å². The number of carbonyl (C=O) groups excluding carboxylic acids is 1. The maximum Gasteiger partial charge on any atom is 0.417 e. The standard InChI is InChI=1S/C25H26F3N3O3/c1-4-33-20-9-7-17-6-5-11-29-23(17)22(20)24(32)31-14-15(2)12-19(31)16(3)34-21-10-8-18(13-30-21)25(26,27)28/h5-11,13,15-16,19H,4,12,14H2,1-3H3. The summed E-state index contributed by atoms with van der Waals surface area (Å²) in [5.74, 6) is 0.557. The molecule has 6 nitrogen and oxygen atoms in total. The van der Waals surface area contributed by atoms with Crippen LogP contribution >= 0.6 is 0 Å². The van der Waals surface area contributed by atoms with E-state index in [1.807, 2.05) is 32.0 Å². The molecular formula is C25H26F3N3O3. The molecule has 1 aromatic carbocycles. The summed E-state index contributed by atoms with van der Waals surface area (Å²) >= 11 is 0. The van der Waals surface area contributed by atoms with E-state index in [2.05, 4.69) is 9.97 Å². The molecule has 3 atom stereocenters. The lowest BCUT2D eigenvalue weighted by molar-refractivity contribution is -0.137. The zero-order chi connectivity index (χ0) is 24.5. The van der Waals surface area contributed by atoms with Crippen LogP contribution in [0.5, 0.6) is 11.6 Å². The van der Waals surface area contributed by atoms with Gasteiger partial charge >= 0.3 is 6.18 Å². The number of rotatable bonds is 6. The van der Waals surface area contributed by atoms with Crippen LogP contribution in [0.15, 0.2) is 48.8 Å². The molecule has 34 heavy (non-hydrogen) atoms. The van der Waals surface area contributed by atoms with Gasteiger partial charge in [0.1, 0.15) is 17.4 Å². The van der Waals surface area contributed by atoms with Gasteiger partial charge in [-0.2, -0.15) is 13.2 Å². The lowest BCUT2D eigenvalue weighted by Crippen LogP contribution is -2.44.